The van der Waals surface area contributed by atoms with Gasteiger partial charge in [-0.05, 0) is 61.7 Å². The average Bonchev–Trinajstić information content (AvgIpc) is 2.77. The molecule has 1 aliphatic rings. The largest absolute Gasteiger partial charge is 0.298 e. The maximum absolute atomic E-state index is 13.3. The van der Waals surface area contributed by atoms with Crippen molar-refractivity contribution in [1.82, 2.24) is 0 Å². The number of anilines is 1. The number of nitrogens with zero attached hydrogens (tertiary/aromatic N) is 1. The first-order valence-corrected chi connectivity index (χ1v) is 10.00. The van der Waals surface area contributed by atoms with Gasteiger partial charge in [-0.3, -0.25) is 13.9 Å². The summed E-state index contributed by atoms with van der Waals surface area (Å²) in [6.07, 6.45) is 1.27. The van der Waals surface area contributed by atoms with E-state index in [2.05, 4.69) is 0 Å². The van der Waals surface area contributed by atoms with Crippen LogP contribution in [0.1, 0.15) is 34.8 Å². The zero-order valence-electron chi connectivity index (χ0n) is 14.8. The molecule has 138 valence electrons. The van der Waals surface area contributed by atoms with Gasteiger partial charge < -0.3 is 0 Å². The minimum absolute atomic E-state index is 0.0614. The van der Waals surface area contributed by atoms with Crippen molar-refractivity contribution in [3.8, 4) is 0 Å². The van der Waals surface area contributed by atoms with E-state index in [1.54, 1.807) is 23.1 Å². The highest BCUT2D eigenvalue weighted by Gasteiger charge is 2.47. The molecule has 26 heavy (non-hydrogen) atoms. The summed E-state index contributed by atoms with van der Waals surface area (Å²) in [7, 11) is -3.58. The lowest BCUT2D eigenvalue weighted by atomic mass is 9.85. The maximum Gasteiger partial charge on any atom is 0.264 e. The molecule has 1 heterocycles. The van der Waals surface area contributed by atoms with Crippen LogP contribution in [0.15, 0.2) is 42.5 Å². The van der Waals surface area contributed by atoms with E-state index in [9.17, 15) is 17.6 Å². The molecule has 2 aromatic carbocycles. The number of fused-ring (bicyclic) bond motifs is 1. The van der Waals surface area contributed by atoms with Gasteiger partial charge in [0.15, 0.2) is 0 Å². The number of carbonyl (C=O) groups is 1. The molecule has 0 saturated carbocycles. The average molecular weight is 377 g/mol. The Morgan fingerprint density at radius 3 is 2.42 bits per heavy atom. The first-order valence-electron chi connectivity index (χ1n) is 8.18. The number of hydrogen-bond donors (Lipinski definition) is 0. The first kappa shape index (κ1) is 18.5. The van der Waals surface area contributed by atoms with Gasteiger partial charge in [-0.25, -0.2) is 4.39 Å². The summed E-state index contributed by atoms with van der Waals surface area (Å²) < 4.78 is 40.9. The molecule has 0 aromatic heterocycles. The van der Waals surface area contributed by atoms with Gasteiger partial charge in [0.1, 0.15) is 5.82 Å². The maximum atomic E-state index is 13.3. The SMILES string of the molecule is Cc1cccc2c1C(C)(CCOS(C)(=O)=O)N(c1ccc(F)cc1)C2=O. The Bertz CT molecular complexity index is 956. The van der Waals surface area contributed by atoms with Crippen molar-refractivity contribution in [2.24, 2.45) is 0 Å². The van der Waals surface area contributed by atoms with Crippen LogP contribution in [0.2, 0.25) is 0 Å². The Morgan fingerprint density at radius 2 is 1.81 bits per heavy atom. The molecule has 0 aliphatic carbocycles. The summed E-state index contributed by atoms with van der Waals surface area (Å²) >= 11 is 0. The molecule has 5 nitrogen and oxygen atoms in total. The van der Waals surface area contributed by atoms with Crippen molar-refractivity contribution in [3.63, 3.8) is 0 Å². The van der Waals surface area contributed by atoms with Crippen LogP contribution in [0.3, 0.4) is 0 Å². The molecule has 0 fully saturated rings. The van der Waals surface area contributed by atoms with E-state index in [-0.39, 0.29) is 18.9 Å². The predicted octanol–water partition coefficient (Wildman–Crippen LogP) is 3.38. The molecule has 1 atom stereocenters. The molecule has 0 radical (unpaired) electrons. The van der Waals surface area contributed by atoms with Crippen molar-refractivity contribution < 1.29 is 21.8 Å². The molecular weight excluding hydrogens is 357 g/mol. The summed E-state index contributed by atoms with van der Waals surface area (Å²) in [6.45, 7) is 3.72. The Balaban J connectivity index is 2.08. The van der Waals surface area contributed by atoms with Crippen LogP contribution in [-0.4, -0.2) is 27.2 Å². The van der Waals surface area contributed by atoms with Gasteiger partial charge in [0.25, 0.3) is 16.0 Å². The highest BCUT2D eigenvalue weighted by molar-refractivity contribution is 7.85. The van der Waals surface area contributed by atoms with Gasteiger partial charge in [0.05, 0.1) is 18.4 Å². The standard InChI is InChI=1S/C19H20FNO4S/c1-13-5-4-6-16-17(13)19(2,11-12-25-26(3,23)24)21(18(16)22)15-9-7-14(20)8-10-15/h4-10H,11-12H2,1-3H3. The van der Waals surface area contributed by atoms with Crippen molar-refractivity contribution in [2.45, 2.75) is 25.8 Å². The van der Waals surface area contributed by atoms with Crippen LogP contribution in [0.4, 0.5) is 10.1 Å². The number of carbonyl (C=O) groups excluding carboxylic acids is 1. The number of benzene rings is 2. The van der Waals surface area contributed by atoms with Crippen LogP contribution in [0, 0.1) is 12.7 Å². The van der Waals surface area contributed by atoms with Gasteiger partial charge in [-0.15, -0.1) is 0 Å². The minimum Gasteiger partial charge on any atom is -0.298 e. The van der Waals surface area contributed by atoms with Crippen molar-refractivity contribution in [1.29, 1.82) is 0 Å². The summed E-state index contributed by atoms with van der Waals surface area (Å²) in [5, 5.41) is 0. The van der Waals surface area contributed by atoms with E-state index in [0.29, 0.717) is 11.3 Å². The van der Waals surface area contributed by atoms with Crippen LogP contribution in [0.5, 0.6) is 0 Å². The van der Waals surface area contributed by atoms with E-state index < -0.39 is 21.5 Å². The zero-order chi connectivity index (χ0) is 19.1. The monoisotopic (exact) mass is 377 g/mol. The zero-order valence-corrected chi connectivity index (χ0v) is 15.6. The van der Waals surface area contributed by atoms with Crippen LogP contribution >= 0.6 is 0 Å². The molecule has 1 unspecified atom stereocenters. The Morgan fingerprint density at radius 1 is 1.15 bits per heavy atom. The lowest BCUT2D eigenvalue weighted by Crippen LogP contribution is -2.43. The minimum atomic E-state index is -3.58. The summed E-state index contributed by atoms with van der Waals surface area (Å²) in [5.74, 6) is -0.589. The summed E-state index contributed by atoms with van der Waals surface area (Å²) in [4.78, 5) is 14.7. The number of aryl methyl sites for hydroxylation is 1. The predicted molar refractivity (Wildman–Crippen MR) is 97.2 cm³/mol. The van der Waals surface area contributed by atoms with E-state index in [4.69, 9.17) is 4.18 Å². The number of rotatable bonds is 5. The van der Waals surface area contributed by atoms with E-state index >= 15 is 0 Å². The Kier molecular flexibility index (Phi) is 4.62. The fraction of sp³-hybridized carbons (Fsp3) is 0.316. The van der Waals surface area contributed by atoms with E-state index in [0.717, 1.165) is 17.4 Å². The molecule has 0 saturated heterocycles. The molecule has 0 N–H and O–H groups in total. The van der Waals surface area contributed by atoms with Crippen molar-refractivity contribution >= 4 is 21.7 Å². The second-order valence-electron chi connectivity index (χ2n) is 6.66. The van der Waals surface area contributed by atoms with Crippen LogP contribution < -0.4 is 4.90 Å². The van der Waals surface area contributed by atoms with Crippen molar-refractivity contribution in [3.05, 3.63) is 65.0 Å². The molecular formula is C19H20FNO4S. The molecule has 7 heteroatoms. The highest BCUT2D eigenvalue weighted by Crippen LogP contribution is 2.45. The molecule has 0 bridgehead atoms. The quantitative estimate of drug-likeness (QED) is 0.750. The summed E-state index contributed by atoms with van der Waals surface area (Å²) in [5.41, 5.74) is 2.08. The fourth-order valence-corrected chi connectivity index (χ4v) is 4.02. The Labute approximate surface area is 152 Å². The second kappa shape index (κ2) is 6.48. The fourth-order valence-electron chi connectivity index (χ4n) is 3.64. The Hall–Kier alpha value is -2.25. The van der Waals surface area contributed by atoms with Gasteiger partial charge in [-0.1, -0.05) is 12.1 Å². The molecule has 3 rings (SSSR count). The first-order chi connectivity index (χ1) is 12.1. The van der Waals surface area contributed by atoms with Crippen LogP contribution in [-0.2, 0) is 19.8 Å². The third kappa shape index (κ3) is 3.24. The molecule has 1 aliphatic heterocycles. The number of hydrogen-bond acceptors (Lipinski definition) is 4. The van der Waals surface area contributed by atoms with Crippen LogP contribution in [0.25, 0.3) is 0 Å². The second-order valence-corrected chi connectivity index (χ2v) is 8.31. The van der Waals surface area contributed by atoms with Gasteiger partial charge >= 0.3 is 0 Å². The third-order valence-corrected chi connectivity index (χ3v) is 5.30. The van der Waals surface area contributed by atoms with Gasteiger partial charge in [0, 0.05) is 11.3 Å². The summed E-state index contributed by atoms with van der Waals surface area (Å²) in [6, 6.07) is 11.2. The normalized spacial score (nSPS) is 19.7. The molecule has 2 aromatic rings. The van der Waals surface area contributed by atoms with Gasteiger partial charge in [-0.2, -0.15) is 8.42 Å². The van der Waals surface area contributed by atoms with Crippen molar-refractivity contribution in [2.75, 3.05) is 17.8 Å². The topological polar surface area (TPSA) is 63.7 Å². The van der Waals surface area contributed by atoms with Gasteiger partial charge in [0.2, 0.25) is 0 Å². The third-order valence-electron chi connectivity index (χ3n) is 4.71. The highest BCUT2D eigenvalue weighted by atomic mass is 32.2. The molecule has 0 spiro atoms. The smallest absolute Gasteiger partial charge is 0.264 e. The molecule has 1 amide bonds. The van der Waals surface area contributed by atoms with E-state index in [1.165, 1.54) is 12.1 Å². The lowest BCUT2D eigenvalue weighted by Gasteiger charge is -2.36. The lowest BCUT2D eigenvalue weighted by molar-refractivity contribution is 0.0975. The number of halogens is 1. The number of amides is 1. The van der Waals surface area contributed by atoms with E-state index in [1.807, 2.05) is 26.0 Å².